The summed E-state index contributed by atoms with van der Waals surface area (Å²) >= 11 is 1.32. The van der Waals surface area contributed by atoms with Crippen LogP contribution < -0.4 is 11.1 Å². The smallest absolute Gasteiger partial charge is 0.230 e. The summed E-state index contributed by atoms with van der Waals surface area (Å²) in [6.45, 7) is 4.99. The molecule has 0 saturated carbocycles. The molecule has 1 aromatic rings. The van der Waals surface area contributed by atoms with Gasteiger partial charge in [-0.2, -0.15) is 0 Å². The number of carbonyl (C=O) groups excluding carboxylic acids is 1. The molecule has 0 atom stereocenters. The molecule has 1 aromatic heterocycles. The number of thioether (sulfide) groups is 1. The Kier molecular flexibility index (Phi) is 5.93. The molecule has 0 aliphatic heterocycles. The molecular weight excluding hydrogens is 254 g/mol. The molecule has 18 heavy (non-hydrogen) atoms. The third kappa shape index (κ3) is 4.19. The van der Waals surface area contributed by atoms with Crippen LogP contribution >= 0.6 is 11.8 Å². The molecule has 3 N–H and O–H groups in total. The molecule has 7 nitrogen and oxygen atoms in total. The summed E-state index contributed by atoms with van der Waals surface area (Å²) in [6, 6.07) is 0.166. The number of rotatable bonds is 7. The van der Waals surface area contributed by atoms with Gasteiger partial charge in [0.25, 0.3) is 0 Å². The van der Waals surface area contributed by atoms with E-state index in [1.54, 1.807) is 11.7 Å². The van der Waals surface area contributed by atoms with Crippen LogP contribution in [0.2, 0.25) is 0 Å². The molecule has 0 aliphatic rings. The van der Waals surface area contributed by atoms with Gasteiger partial charge in [0.2, 0.25) is 11.9 Å². The SMILES string of the molecule is COCCNC(=O)CSc1nnc(N)n1C(C)C. The molecule has 0 spiro atoms. The van der Waals surface area contributed by atoms with Crippen LogP contribution in [0.15, 0.2) is 5.16 Å². The van der Waals surface area contributed by atoms with Crippen LogP contribution in [-0.4, -0.2) is 46.7 Å². The van der Waals surface area contributed by atoms with Crippen LogP contribution in [0.5, 0.6) is 0 Å². The zero-order valence-electron chi connectivity index (χ0n) is 10.8. The fourth-order valence-electron chi connectivity index (χ4n) is 1.35. The largest absolute Gasteiger partial charge is 0.383 e. The molecule has 8 heteroatoms. The fraction of sp³-hybridized carbons (Fsp3) is 0.700. The highest BCUT2D eigenvalue weighted by Crippen LogP contribution is 2.22. The fourth-order valence-corrected chi connectivity index (χ4v) is 2.25. The Hall–Kier alpha value is -1.28. The van der Waals surface area contributed by atoms with Crippen molar-refractivity contribution < 1.29 is 9.53 Å². The lowest BCUT2D eigenvalue weighted by Crippen LogP contribution is -2.28. The van der Waals surface area contributed by atoms with E-state index in [2.05, 4.69) is 15.5 Å². The maximum atomic E-state index is 11.5. The van der Waals surface area contributed by atoms with Gasteiger partial charge in [-0.3, -0.25) is 9.36 Å². The van der Waals surface area contributed by atoms with E-state index in [4.69, 9.17) is 10.5 Å². The monoisotopic (exact) mass is 273 g/mol. The van der Waals surface area contributed by atoms with Crippen molar-refractivity contribution >= 4 is 23.6 Å². The van der Waals surface area contributed by atoms with Crippen LogP contribution in [0, 0.1) is 0 Å². The molecule has 1 heterocycles. The molecule has 102 valence electrons. The first-order chi connectivity index (χ1) is 8.56. The van der Waals surface area contributed by atoms with Crippen molar-refractivity contribution in [1.29, 1.82) is 0 Å². The summed E-state index contributed by atoms with van der Waals surface area (Å²) < 4.78 is 6.64. The quantitative estimate of drug-likeness (QED) is 0.548. The normalized spacial score (nSPS) is 10.9. The van der Waals surface area contributed by atoms with Crippen molar-refractivity contribution in [3.8, 4) is 0 Å². The number of aromatic nitrogens is 3. The van der Waals surface area contributed by atoms with Crippen LogP contribution in [0.3, 0.4) is 0 Å². The van der Waals surface area contributed by atoms with Crippen LogP contribution in [0.1, 0.15) is 19.9 Å². The van der Waals surface area contributed by atoms with Crippen molar-refractivity contribution in [2.24, 2.45) is 0 Å². The van der Waals surface area contributed by atoms with Gasteiger partial charge in [0.05, 0.1) is 12.4 Å². The molecule has 0 aliphatic carbocycles. The third-order valence-corrected chi connectivity index (χ3v) is 3.11. The number of methoxy groups -OCH3 is 1. The lowest BCUT2D eigenvalue weighted by molar-refractivity contribution is -0.118. The molecule has 1 rings (SSSR count). The van der Waals surface area contributed by atoms with Gasteiger partial charge in [-0.25, -0.2) is 0 Å². The average molecular weight is 273 g/mol. The number of hydrogen-bond acceptors (Lipinski definition) is 6. The molecule has 0 bridgehead atoms. The molecule has 0 saturated heterocycles. The van der Waals surface area contributed by atoms with Gasteiger partial charge in [-0.15, -0.1) is 10.2 Å². The van der Waals surface area contributed by atoms with E-state index < -0.39 is 0 Å². The van der Waals surface area contributed by atoms with E-state index in [1.165, 1.54) is 11.8 Å². The van der Waals surface area contributed by atoms with E-state index in [0.717, 1.165) is 0 Å². The highest BCUT2D eigenvalue weighted by atomic mass is 32.2. The maximum Gasteiger partial charge on any atom is 0.230 e. The molecule has 0 unspecified atom stereocenters. The first-order valence-corrected chi connectivity index (χ1v) is 6.63. The van der Waals surface area contributed by atoms with Crippen molar-refractivity contribution in [1.82, 2.24) is 20.1 Å². The van der Waals surface area contributed by atoms with E-state index in [9.17, 15) is 4.79 Å². The Morgan fingerprint density at radius 3 is 2.89 bits per heavy atom. The second kappa shape index (κ2) is 7.22. The van der Waals surface area contributed by atoms with Gasteiger partial charge < -0.3 is 15.8 Å². The summed E-state index contributed by atoms with van der Waals surface area (Å²) in [4.78, 5) is 11.5. The summed E-state index contributed by atoms with van der Waals surface area (Å²) in [5.74, 6) is 0.593. The summed E-state index contributed by atoms with van der Waals surface area (Å²) in [5, 5.41) is 11.2. The Morgan fingerprint density at radius 2 is 2.28 bits per heavy atom. The van der Waals surface area contributed by atoms with Crippen molar-refractivity contribution in [2.75, 3.05) is 31.7 Å². The van der Waals surface area contributed by atoms with Crippen LogP contribution in [-0.2, 0) is 9.53 Å². The van der Waals surface area contributed by atoms with Crippen molar-refractivity contribution in [3.63, 3.8) is 0 Å². The van der Waals surface area contributed by atoms with E-state index >= 15 is 0 Å². The molecule has 0 radical (unpaired) electrons. The molecular formula is C10H19N5O2S. The molecule has 0 fully saturated rings. The maximum absolute atomic E-state index is 11.5. The number of amides is 1. The number of nitrogens with zero attached hydrogens (tertiary/aromatic N) is 3. The summed E-state index contributed by atoms with van der Waals surface area (Å²) in [6.07, 6.45) is 0. The standard InChI is InChI=1S/C10H19N5O2S/c1-7(2)15-9(11)13-14-10(15)18-6-8(16)12-4-5-17-3/h7H,4-6H2,1-3H3,(H2,11,13)(H,12,16). The predicted octanol–water partition coefficient (Wildman–Crippen LogP) is 0.296. The zero-order chi connectivity index (χ0) is 13.5. The highest BCUT2D eigenvalue weighted by molar-refractivity contribution is 7.99. The molecule has 0 aromatic carbocycles. The number of carbonyl (C=O) groups is 1. The first-order valence-electron chi connectivity index (χ1n) is 5.65. The van der Waals surface area contributed by atoms with Gasteiger partial charge >= 0.3 is 0 Å². The highest BCUT2D eigenvalue weighted by Gasteiger charge is 2.14. The third-order valence-electron chi connectivity index (χ3n) is 2.17. The number of anilines is 1. The van der Waals surface area contributed by atoms with E-state index in [0.29, 0.717) is 24.3 Å². The number of ether oxygens (including phenoxy) is 1. The Bertz CT molecular complexity index is 394. The number of nitrogens with two attached hydrogens (primary N) is 1. The van der Waals surface area contributed by atoms with Gasteiger partial charge in [-0.05, 0) is 13.8 Å². The van der Waals surface area contributed by atoms with Gasteiger partial charge in [0.1, 0.15) is 0 Å². The minimum atomic E-state index is -0.0612. The Morgan fingerprint density at radius 1 is 1.56 bits per heavy atom. The van der Waals surface area contributed by atoms with Crippen molar-refractivity contribution in [2.45, 2.75) is 25.0 Å². The first kappa shape index (κ1) is 14.8. The minimum absolute atomic E-state index is 0.0612. The second-order valence-electron chi connectivity index (χ2n) is 3.94. The van der Waals surface area contributed by atoms with Gasteiger partial charge in [-0.1, -0.05) is 11.8 Å². The number of nitrogen functional groups attached to an aromatic ring is 1. The predicted molar refractivity (Wildman–Crippen MR) is 70.4 cm³/mol. The lowest BCUT2D eigenvalue weighted by Gasteiger charge is -2.11. The number of hydrogen-bond donors (Lipinski definition) is 2. The second-order valence-corrected chi connectivity index (χ2v) is 4.88. The average Bonchev–Trinajstić information content (AvgIpc) is 2.68. The topological polar surface area (TPSA) is 95.1 Å². The van der Waals surface area contributed by atoms with Crippen molar-refractivity contribution in [3.05, 3.63) is 0 Å². The van der Waals surface area contributed by atoms with E-state index in [1.807, 2.05) is 13.8 Å². The van der Waals surface area contributed by atoms with Gasteiger partial charge in [0.15, 0.2) is 5.16 Å². The Labute approximate surface area is 110 Å². The van der Waals surface area contributed by atoms with Crippen LogP contribution in [0.25, 0.3) is 0 Å². The van der Waals surface area contributed by atoms with Crippen LogP contribution in [0.4, 0.5) is 5.95 Å². The molecule has 1 amide bonds. The van der Waals surface area contributed by atoms with E-state index in [-0.39, 0.29) is 17.7 Å². The zero-order valence-corrected chi connectivity index (χ0v) is 11.7. The van der Waals surface area contributed by atoms with Gasteiger partial charge in [0, 0.05) is 19.7 Å². The summed E-state index contributed by atoms with van der Waals surface area (Å²) in [7, 11) is 1.59. The Balaban J connectivity index is 2.46. The number of nitrogens with one attached hydrogen (secondary N) is 1. The minimum Gasteiger partial charge on any atom is -0.383 e. The summed E-state index contributed by atoms with van der Waals surface area (Å²) in [5.41, 5.74) is 5.71. The lowest BCUT2D eigenvalue weighted by atomic mass is 10.4.